The molecule has 0 bridgehead atoms. The van der Waals surface area contributed by atoms with Gasteiger partial charge >= 0.3 is 0 Å². The molecule has 96 valence electrons. The van der Waals surface area contributed by atoms with Crippen molar-refractivity contribution in [3.63, 3.8) is 0 Å². The van der Waals surface area contributed by atoms with E-state index in [1.807, 2.05) is 0 Å². The molecule has 18 heavy (non-hydrogen) atoms. The summed E-state index contributed by atoms with van der Waals surface area (Å²) in [6, 6.07) is 8.05. The minimum absolute atomic E-state index is 0.153. The van der Waals surface area contributed by atoms with Gasteiger partial charge in [-0.3, -0.25) is 0 Å². The molecule has 1 aromatic carbocycles. The lowest BCUT2D eigenvalue weighted by molar-refractivity contribution is 0.322. The van der Waals surface area contributed by atoms with Crippen molar-refractivity contribution in [1.29, 1.82) is 0 Å². The summed E-state index contributed by atoms with van der Waals surface area (Å²) in [5, 5.41) is -2.94. The third kappa shape index (κ3) is 2.20. The van der Waals surface area contributed by atoms with E-state index >= 15 is 0 Å². The van der Waals surface area contributed by atoms with Crippen molar-refractivity contribution < 1.29 is 17.2 Å². The van der Waals surface area contributed by atoms with Crippen molar-refractivity contribution in [3.8, 4) is 0 Å². The summed E-state index contributed by atoms with van der Waals surface area (Å²) in [5.41, 5.74) is 0.201. The number of benzene rings is 1. The summed E-state index contributed by atoms with van der Waals surface area (Å²) in [6.07, 6.45) is 1.25. The van der Waals surface area contributed by atoms with Crippen molar-refractivity contribution >= 4 is 25.3 Å². The van der Waals surface area contributed by atoms with Gasteiger partial charge < -0.3 is 0 Å². The van der Waals surface area contributed by atoms with Crippen molar-refractivity contribution in [2.45, 2.75) is 11.4 Å². The van der Waals surface area contributed by atoms with Crippen molar-refractivity contribution in [1.82, 2.24) is 0 Å². The average molecular weight is 291 g/mol. The van der Waals surface area contributed by atoms with Crippen LogP contribution in [0.15, 0.2) is 48.3 Å². The predicted octanol–water partition coefficient (Wildman–Crippen LogP) is 3.56. The Kier molecular flexibility index (Phi) is 3.29. The van der Waals surface area contributed by atoms with Gasteiger partial charge in [-0.25, -0.2) is 17.2 Å². The fraction of sp³-hybridized carbons (Fsp3) is 0.167. The minimum atomic E-state index is -4.60. The summed E-state index contributed by atoms with van der Waals surface area (Å²) in [7, 11) is 0.526. The molecule has 2 rings (SSSR count). The molecule has 6 heteroatoms. The highest BCUT2D eigenvalue weighted by molar-refractivity contribution is 8.15. The standard InChI is InChI=1S/C12H9ClF2O2S/c13-18(16,17)12(15)8-10(14)6-7-11(12)9-4-2-1-3-5-9/h1-7H,8H2. The summed E-state index contributed by atoms with van der Waals surface area (Å²) < 4.78 is 50.5. The Labute approximate surface area is 108 Å². The predicted molar refractivity (Wildman–Crippen MR) is 66.8 cm³/mol. The second-order valence-electron chi connectivity index (χ2n) is 3.90. The first kappa shape index (κ1) is 13.2. The second-order valence-corrected chi connectivity index (χ2v) is 6.64. The summed E-state index contributed by atoms with van der Waals surface area (Å²) in [4.78, 5) is 0. The van der Waals surface area contributed by atoms with E-state index in [1.165, 1.54) is 0 Å². The fourth-order valence-electron chi connectivity index (χ4n) is 1.82. The molecule has 0 spiro atoms. The van der Waals surface area contributed by atoms with E-state index < -0.39 is 26.3 Å². The van der Waals surface area contributed by atoms with E-state index in [-0.39, 0.29) is 5.57 Å². The zero-order chi connectivity index (χ0) is 13.4. The maximum absolute atomic E-state index is 14.6. The molecule has 0 fully saturated rings. The maximum Gasteiger partial charge on any atom is 0.272 e. The Bertz CT molecular complexity index is 623. The summed E-state index contributed by atoms with van der Waals surface area (Å²) in [5.74, 6) is -0.860. The molecular weight excluding hydrogens is 282 g/mol. The zero-order valence-corrected chi connectivity index (χ0v) is 10.7. The molecule has 0 heterocycles. The van der Waals surface area contributed by atoms with Crippen LogP contribution >= 0.6 is 10.7 Å². The highest BCUT2D eigenvalue weighted by atomic mass is 35.7. The first-order valence-corrected chi connectivity index (χ1v) is 7.41. The van der Waals surface area contributed by atoms with Gasteiger partial charge in [0.25, 0.3) is 14.1 Å². The van der Waals surface area contributed by atoms with Crippen molar-refractivity contribution in [2.75, 3.05) is 0 Å². The van der Waals surface area contributed by atoms with E-state index in [4.69, 9.17) is 10.7 Å². The molecule has 0 N–H and O–H groups in total. The van der Waals surface area contributed by atoms with Gasteiger partial charge in [-0.1, -0.05) is 36.4 Å². The molecule has 0 saturated carbocycles. The van der Waals surface area contributed by atoms with Gasteiger partial charge in [-0.15, -0.1) is 0 Å². The Balaban J connectivity index is 2.62. The van der Waals surface area contributed by atoms with Crippen LogP contribution in [0.5, 0.6) is 0 Å². The van der Waals surface area contributed by atoms with Crippen LogP contribution in [0.4, 0.5) is 8.78 Å². The summed E-state index contributed by atoms with van der Waals surface area (Å²) in [6.45, 7) is 0. The number of alkyl halides is 1. The van der Waals surface area contributed by atoms with E-state index in [0.717, 1.165) is 12.2 Å². The van der Waals surface area contributed by atoms with Gasteiger partial charge in [0, 0.05) is 16.3 Å². The van der Waals surface area contributed by atoms with Crippen LogP contribution in [0, 0.1) is 0 Å². The van der Waals surface area contributed by atoms with Gasteiger partial charge in [0.2, 0.25) is 0 Å². The molecule has 0 radical (unpaired) electrons. The fourth-order valence-corrected chi connectivity index (χ4v) is 2.99. The molecule has 1 aliphatic carbocycles. The van der Waals surface area contributed by atoms with Crippen LogP contribution < -0.4 is 0 Å². The number of hydrogen-bond donors (Lipinski definition) is 0. The lowest BCUT2D eigenvalue weighted by atomic mass is 9.94. The Morgan fingerprint density at radius 1 is 1.17 bits per heavy atom. The van der Waals surface area contributed by atoms with E-state index in [0.29, 0.717) is 5.56 Å². The first-order chi connectivity index (χ1) is 8.34. The van der Waals surface area contributed by atoms with Crippen molar-refractivity contribution in [3.05, 3.63) is 53.9 Å². The minimum Gasteiger partial charge on any atom is -0.219 e. The van der Waals surface area contributed by atoms with Crippen LogP contribution in [0.2, 0.25) is 0 Å². The second kappa shape index (κ2) is 4.48. The van der Waals surface area contributed by atoms with Crippen molar-refractivity contribution in [2.24, 2.45) is 0 Å². The maximum atomic E-state index is 14.6. The normalized spacial score (nSPS) is 24.4. The summed E-state index contributed by atoms with van der Waals surface area (Å²) >= 11 is 0. The van der Waals surface area contributed by atoms with Gasteiger partial charge in [0.05, 0.1) is 6.42 Å². The van der Waals surface area contributed by atoms with Crippen LogP contribution in [-0.4, -0.2) is 13.4 Å². The lowest BCUT2D eigenvalue weighted by Crippen LogP contribution is -2.33. The highest BCUT2D eigenvalue weighted by Crippen LogP contribution is 2.45. The topological polar surface area (TPSA) is 34.1 Å². The molecule has 1 aromatic rings. The first-order valence-electron chi connectivity index (χ1n) is 5.10. The molecule has 0 aromatic heterocycles. The molecular formula is C12H9ClF2O2S. The molecule has 1 aliphatic rings. The quantitative estimate of drug-likeness (QED) is 0.781. The Morgan fingerprint density at radius 3 is 2.33 bits per heavy atom. The molecule has 0 aliphatic heterocycles. The van der Waals surface area contributed by atoms with Gasteiger partial charge in [-0.2, -0.15) is 0 Å². The number of halogens is 3. The zero-order valence-electron chi connectivity index (χ0n) is 9.11. The number of allylic oxidation sites excluding steroid dienone is 3. The van der Waals surface area contributed by atoms with Crippen LogP contribution in [0.25, 0.3) is 5.57 Å². The molecule has 0 saturated heterocycles. The third-order valence-corrected chi connectivity index (χ3v) is 4.57. The molecule has 1 unspecified atom stereocenters. The number of hydrogen-bond acceptors (Lipinski definition) is 2. The largest absolute Gasteiger partial charge is 0.272 e. The smallest absolute Gasteiger partial charge is 0.219 e. The van der Waals surface area contributed by atoms with Gasteiger partial charge in [0.1, 0.15) is 5.83 Å². The third-order valence-electron chi connectivity index (χ3n) is 2.70. The molecule has 1 atom stereocenters. The number of rotatable bonds is 2. The molecule has 2 nitrogen and oxygen atoms in total. The van der Waals surface area contributed by atoms with E-state index in [1.54, 1.807) is 30.3 Å². The Morgan fingerprint density at radius 2 is 1.78 bits per heavy atom. The SMILES string of the molecule is O=S(=O)(Cl)C1(F)CC(F)=CC=C1c1ccccc1. The highest BCUT2D eigenvalue weighted by Gasteiger charge is 2.49. The Hall–Kier alpha value is -1.20. The van der Waals surface area contributed by atoms with Crippen LogP contribution in [-0.2, 0) is 9.05 Å². The van der Waals surface area contributed by atoms with Crippen LogP contribution in [0.3, 0.4) is 0 Å². The van der Waals surface area contributed by atoms with Gasteiger partial charge in [-0.05, 0) is 11.6 Å². The monoisotopic (exact) mass is 290 g/mol. The van der Waals surface area contributed by atoms with Crippen LogP contribution in [0.1, 0.15) is 12.0 Å². The van der Waals surface area contributed by atoms with Gasteiger partial charge in [0.15, 0.2) is 0 Å². The van der Waals surface area contributed by atoms with E-state index in [9.17, 15) is 17.2 Å². The average Bonchev–Trinajstić information content (AvgIpc) is 2.28. The molecule has 0 amide bonds. The van der Waals surface area contributed by atoms with E-state index in [2.05, 4.69) is 0 Å². The lowest BCUT2D eigenvalue weighted by Gasteiger charge is -2.27.